The molecule has 2 heterocycles. The summed E-state index contributed by atoms with van der Waals surface area (Å²) in [5.41, 5.74) is -0.450. The van der Waals surface area contributed by atoms with Gasteiger partial charge in [0, 0.05) is 18.8 Å². The van der Waals surface area contributed by atoms with Crippen molar-refractivity contribution in [1.29, 1.82) is 0 Å². The molecule has 1 aromatic carbocycles. The number of aromatic nitrogens is 2. The standard InChI is InChI=1S/C14H11F5N2O3S/c15-25(16,17,18,19)9-3-1-8(2-4-9)23-12-10-7-21-6-5-11(22)20-14(21)24-13(10)12/h1-6,10,12-13H,7H2/t10-,12?,13+/m0/s1. The molecule has 1 unspecified atom stereocenters. The van der Waals surface area contributed by atoms with Gasteiger partial charge in [-0.15, -0.1) is 0 Å². The molecule has 1 aliphatic carbocycles. The Morgan fingerprint density at radius 3 is 2.44 bits per heavy atom. The van der Waals surface area contributed by atoms with Crippen LogP contribution in [0.5, 0.6) is 11.8 Å². The molecule has 1 aliphatic heterocycles. The first-order valence-electron chi connectivity index (χ1n) is 7.16. The van der Waals surface area contributed by atoms with Crippen molar-refractivity contribution in [1.82, 2.24) is 9.55 Å². The molecule has 136 valence electrons. The zero-order valence-electron chi connectivity index (χ0n) is 12.3. The molecule has 1 aromatic heterocycles. The summed E-state index contributed by atoms with van der Waals surface area (Å²) in [6.45, 7) is 0.474. The van der Waals surface area contributed by atoms with E-state index in [1.54, 1.807) is 4.57 Å². The SMILES string of the molecule is O=c1ccn2c(n1)O[C@H]1C(Oc3ccc(S(F)(F)(F)(F)F)cc3)[C@@H]1C2. The lowest BCUT2D eigenvalue weighted by Crippen LogP contribution is -2.22. The Balaban J connectivity index is 1.48. The first kappa shape index (κ1) is 16.2. The molecule has 1 saturated carbocycles. The van der Waals surface area contributed by atoms with Crippen molar-refractivity contribution in [3.05, 3.63) is 46.9 Å². The lowest BCUT2D eigenvalue weighted by Gasteiger charge is -2.40. The van der Waals surface area contributed by atoms with Gasteiger partial charge >= 0.3 is 10.2 Å². The minimum atomic E-state index is -9.69. The first-order valence-corrected chi connectivity index (χ1v) is 9.11. The van der Waals surface area contributed by atoms with Gasteiger partial charge in [-0.1, -0.05) is 19.4 Å². The molecule has 0 radical (unpaired) electrons. The van der Waals surface area contributed by atoms with Crippen LogP contribution in [0.2, 0.25) is 0 Å². The predicted molar refractivity (Wildman–Crippen MR) is 78.7 cm³/mol. The lowest BCUT2D eigenvalue weighted by molar-refractivity contribution is 0.183. The summed E-state index contributed by atoms with van der Waals surface area (Å²) in [6, 6.07) is 3.75. The molecule has 0 saturated heterocycles. The Kier molecular flexibility index (Phi) is 2.76. The molecule has 2 aliphatic rings. The van der Waals surface area contributed by atoms with E-state index in [4.69, 9.17) is 9.47 Å². The fourth-order valence-electron chi connectivity index (χ4n) is 2.76. The monoisotopic (exact) mass is 382 g/mol. The normalized spacial score (nSPS) is 27.2. The molecule has 0 spiro atoms. The Hall–Kier alpha value is -2.30. The maximum atomic E-state index is 12.7. The lowest BCUT2D eigenvalue weighted by atomic mass is 10.3. The van der Waals surface area contributed by atoms with Crippen molar-refractivity contribution in [3.8, 4) is 11.8 Å². The van der Waals surface area contributed by atoms with Crippen LogP contribution in [0.3, 0.4) is 0 Å². The van der Waals surface area contributed by atoms with E-state index in [9.17, 15) is 24.2 Å². The minimum absolute atomic E-state index is 0.0279. The maximum absolute atomic E-state index is 12.7. The van der Waals surface area contributed by atoms with Crippen LogP contribution in [0.15, 0.2) is 46.2 Å². The number of benzene rings is 1. The van der Waals surface area contributed by atoms with E-state index < -0.39 is 26.8 Å². The molecule has 11 heteroatoms. The average molecular weight is 382 g/mol. The quantitative estimate of drug-likeness (QED) is 0.759. The van der Waals surface area contributed by atoms with Crippen molar-refractivity contribution in [2.45, 2.75) is 23.6 Å². The Bertz CT molecular complexity index is 913. The van der Waals surface area contributed by atoms with Crippen LogP contribution in [0.25, 0.3) is 0 Å². The van der Waals surface area contributed by atoms with Crippen molar-refractivity contribution >= 4 is 10.2 Å². The summed E-state index contributed by atoms with van der Waals surface area (Å²) in [5, 5.41) is 0. The molecular formula is C14H11F5N2O3S. The third-order valence-corrected chi connectivity index (χ3v) is 5.23. The van der Waals surface area contributed by atoms with Crippen LogP contribution < -0.4 is 15.0 Å². The Morgan fingerprint density at radius 2 is 1.80 bits per heavy atom. The third-order valence-electron chi connectivity index (χ3n) is 4.07. The van der Waals surface area contributed by atoms with Gasteiger partial charge in [-0.3, -0.25) is 4.79 Å². The summed E-state index contributed by atoms with van der Waals surface area (Å²) in [6.07, 6.45) is 0.687. The predicted octanol–water partition coefficient (Wildman–Crippen LogP) is 3.74. The molecule has 4 rings (SSSR count). The number of fused-ring (bicyclic) bond motifs is 2. The highest BCUT2D eigenvalue weighted by molar-refractivity contribution is 8.45. The van der Waals surface area contributed by atoms with E-state index in [1.165, 1.54) is 12.3 Å². The number of rotatable bonds is 3. The van der Waals surface area contributed by atoms with E-state index in [0.717, 1.165) is 12.1 Å². The van der Waals surface area contributed by atoms with Crippen molar-refractivity contribution < 1.29 is 28.9 Å². The van der Waals surface area contributed by atoms with Gasteiger partial charge in [0.05, 0.1) is 5.92 Å². The minimum Gasteiger partial charge on any atom is -0.486 e. The van der Waals surface area contributed by atoms with Crippen LogP contribution >= 0.6 is 10.2 Å². The fraction of sp³-hybridized carbons (Fsp3) is 0.286. The first-order chi connectivity index (χ1) is 11.4. The number of nitrogens with zero attached hydrogens (tertiary/aromatic N) is 2. The number of halogens is 5. The van der Waals surface area contributed by atoms with Gasteiger partial charge in [-0.2, -0.15) is 4.98 Å². The van der Waals surface area contributed by atoms with Crippen molar-refractivity contribution in [2.75, 3.05) is 0 Å². The van der Waals surface area contributed by atoms with E-state index in [1.807, 2.05) is 0 Å². The highest BCUT2D eigenvalue weighted by Gasteiger charge is 2.65. The zero-order chi connectivity index (χ0) is 18.1. The maximum Gasteiger partial charge on any atom is 0.310 e. The zero-order valence-corrected chi connectivity index (χ0v) is 13.1. The largest absolute Gasteiger partial charge is 0.486 e. The molecule has 25 heavy (non-hydrogen) atoms. The number of ether oxygens (including phenoxy) is 2. The Morgan fingerprint density at radius 1 is 1.12 bits per heavy atom. The second-order valence-corrected chi connectivity index (χ2v) is 8.38. The van der Waals surface area contributed by atoms with Gasteiger partial charge in [0.2, 0.25) is 0 Å². The summed E-state index contributed by atoms with van der Waals surface area (Å²) < 4.78 is 76.1. The summed E-state index contributed by atoms with van der Waals surface area (Å²) in [4.78, 5) is 13.0. The summed E-state index contributed by atoms with van der Waals surface area (Å²) in [7, 11) is -9.69. The third kappa shape index (κ3) is 3.03. The van der Waals surface area contributed by atoms with Crippen LogP contribution in [0, 0.1) is 5.92 Å². The van der Waals surface area contributed by atoms with Crippen LogP contribution in [0.4, 0.5) is 19.4 Å². The van der Waals surface area contributed by atoms with Crippen molar-refractivity contribution in [3.63, 3.8) is 0 Å². The van der Waals surface area contributed by atoms with Gasteiger partial charge in [-0.05, 0) is 24.3 Å². The molecule has 3 atom stereocenters. The smallest absolute Gasteiger partial charge is 0.310 e. The Labute approximate surface area is 137 Å². The summed E-state index contributed by atoms with van der Waals surface area (Å²) >= 11 is 0. The fourth-order valence-corrected chi connectivity index (χ4v) is 3.41. The molecule has 0 amide bonds. The average Bonchev–Trinajstić information content (AvgIpc) is 3.14. The highest BCUT2D eigenvalue weighted by atomic mass is 32.5. The van der Waals surface area contributed by atoms with E-state index in [2.05, 4.69) is 4.98 Å². The second kappa shape index (κ2) is 4.26. The number of hydrogen-bond acceptors (Lipinski definition) is 4. The molecule has 0 N–H and O–H groups in total. The van der Waals surface area contributed by atoms with Gasteiger partial charge in [-0.25, -0.2) is 0 Å². The van der Waals surface area contributed by atoms with Gasteiger partial charge in [0.25, 0.3) is 11.6 Å². The summed E-state index contributed by atoms with van der Waals surface area (Å²) in [5.74, 6) is -0.0350. The van der Waals surface area contributed by atoms with Gasteiger partial charge in [0.1, 0.15) is 22.9 Å². The van der Waals surface area contributed by atoms with E-state index >= 15 is 0 Å². The van der Waals surface area contributed by atoms with Crippen LogP contribution in [-0.4, -0.2) is 21.8 Å². The molecule has 2 aromatic rings. The van der Waals surface area contributed by atoms with E-state index in [-0.39, 0.29) is 23.8 Å². The highest BCUT2D eigenvalue weighted by Crippen LogP contribution is 3.02. The van der Waals surface area contributed by atoms with Gasteiger partial charge < -0.3 is 14.0 Å². The van der Waals surface area contributed by atoms with Gasteiger partial charge in [0.15, 0.2) is 0 Å². The molecule has 1 fully saturated rings. The van der Waals surface area contributed by atoms with E-state index in [0.29, 0.717) is 18.7 Å². The topological polar surface area (TPSA) is 53.4 Å². The van der Waals surface area contributed by atoms with Crippen molar-refractivity contribution in [2.24, 2.45) is 5.92 Å². The van der Waals surface area contributed by atoms with Crippen LogP contribution in [0.1, 0.15) is 0 Å². The van der Waals surface area contributed by atoms with Crippen LogP contribution in [-0.2, 0) is 6.54 Å². The molecule has 5 nitrogen and oxygen atoms in total. The number of hydrogen-bond donors (Lipinski definition) is 0. The second-order valence-electron chi connectivity index (χ2n) is 5.97. The molecular weight excluding hydrogens is 371 g/mol. The molecule has 0 bridgehead atoms.